The predicted molar refractivity (Wildman–Crippen MR) is 163 cm³/mol. The molecule has 1 saturated heterocycles. The van der Waals surface area contributed by atoms with E-state index >= 15 is 4.39 Å². The number of carbonyl (C=O) groups is 1. The molecule has 2 aliphatic rings. The molecule has 1 saturated carbocycles. The number of anilines is 1. The molecule has 1 aliphatic carbocycles. The number of aliphatic carboxylic acids is 1. The van der Waals surface area contributed by atoms with Gasteiger partial charge in [0.25, 0.3) is 0 Å². The van der Waals surface area contributed by atoms with Crippen molar-refractivity contribution in [1.82, 2.24) is 20.1 Å². The molecule has 6 rings (SSSR count). The number of sulfonamides is 1. The predicted octanol–water partition coefficient (Wildman–Crippen LogP) is 4.57. The van der Waals surface area contributed by atoms with Crippen LogP contribution in [0.4, 0.5) is 23.2 Å². The van der Waals surface area contributed by atoms with E-state index in [9.17, 15) is 21.6 Å². The van der Waals surface area contributed by atoms with Crippen molar-refractivity contribution in [2.75, 3.05) is 31.1 Å². The first-order valence-corrected chi connectivity index (χ1v) is 16.0. The number of piperazine rings is 1. The van der Waals surface area contributed by atoms with Crippen LogP contribution in [0.15, 0.2) is 79.3 Å². The third-order valence-corrected chi connectivity index (χ3v) is 10.1. The molecule has 2 atom stereocenters. The lowest BCUT2D eigenvalue weighted by Gasteiger charge is -2.34. The third kappa shape index (κ3) is 6.62. The molecule has 2 fully saturated rings. The quantitative estimate of drug-likeness (QED) is 0.256. The molecule has 2 aromatic carbocycles. The third-order valence-electron chi connectivity index (χ3n) is 8.34. The molecule has 4 aromatic rings. The van der Waals surface area contributed by atoms with Crippen molar-refractivity contribution in [1.29, 1.82) is 0 Å². The molecule has 0 bridgehead atoms. The molecule has 0 amide bonds. The van der Waals surface area contributed by atoms with Crippen LogP contribution in [0.5, 0.6) is 0 Å². The Bertz CT molecular complexity index is 1780. The van der Waals surface area contributed by atoms with E-state index in [4.69, 9.17) is 20.1 Å². The number of carboxylic acid groups (broad SMARTS) is 1. The minimum Gasteiger partial charge on any atom is -0.475 e. The first-order valence-electron chi connectivity index (χ1n) is 14.5. The molecule has 0 spiro atoms. The Kier molecular flexibility index (Phi) is 9.47. The highest BCUT2D eigenvalue weighted by molar-refractivity contribution is 7.90. The van der Waals surface area contributed by atoms with E-state index in [2.05, 4.69) is 10.3 Å². The van der Waals surface area contributed by atoms with Gasteiger partial charge in [0.15, 0.2) is 0 Å². The molecule has 4 N–H and O–H groups in total. The van der Waals surface area contributed by atoms with E-state index in [1.54, 1.807) is 23.1 Å². The van der Waals surface area contributed by atoms with Gasteiger partial charge in [-0.15, -0.1) is 0 Å². The number of pyridine rings is 1. The summed E-state index contributed by atoms with van der Waals surface area (Å²) in [6.07, 6.45) is 1.86. The lowest BCUT2D eigenvalue weighted by molar-refractivity contribution is -0.192. The molecule has 2 aromatic heterocycles. The molecule has 46 heavy (non-hydrogen) atoms. The second-order valence-corrected chi connectivity index (χ2v) is 12.9. The summed E-state index contributed by atoms with van der Waals surface area (Å²) in [6, 6.07) is 18.0. The average molecular weight is 661 g/mol. The Labute approximate surface area is 262 Å². The van der Waals surface area contributed by atoms with Crippen molar-refractivity contribution in [2.24, 2.45) is 5.14 Å². The van der Waals surface area contributed by atoms with Crippen LogP contribution in [0.2, 0.25) is 0 Å². The second-order valence-electron chi connectivity index (χ2n) is 11.0. The number of alkyl halides is 3. The van der Waals surface area contributed by atoms with E-state index in [-0.39, 0.29) is 5.82 Å². The van der Waals surface area contributed by atoms with Crippen molar-refractivity contribution in [3.05, 3.63) is 96.2 Å². The molecule has 0 radical (unpaired) electrons. The summed E-state index contributed by atoms with van der Waals surface area (Å²) in [7, 11) is -4.01. The lowest BCUT2D eigenvalue weighted by atomic mass is 9.82. The number of rotatable bonds is 6. The number of hydrogen-bond acceptors (Lipinski definition) is 7. The summed E-state index contributed by atoms with van der Waals surface area (Å²) >= 11 is 0. The lowest BCUT2D eigenvalue weighted by Crippen LogP contribution is -2.43. The van der Waals surface area contributed by atoms with Gasteiger partial charge in [-0.05, 0) is 42.7 Å². The molecular formula is C31H32F4N6O4S. The van der Waals surface area contributed by atoms with Gasteiger partial charge < -0.3 is 15.3 Å². The molecule has 3 heterocycles. The largest absolute Gasteiger partial charge is 0.490 e. The number of carboxylic acids is 1. The number of aromatic nitrogens is 3. The highest BCUT2D eigenvalue weighted by atomic mass is 32.2. The van der Waals surface area contributed by atoms with Gasteiger partial charge in [-0.25, -0.2) is 27.4 Å². The molecule has 15 heteroatoms. The zero-order valence-electron chi connectivity index (χ0n) is 24.5. The van der Waals surface area contributed by atoms with Crippen molar-refractivity contribution in [3.8, 4) is 16.9 Å². The van der Waals surface area contributed by atoms with E-state index < -0.39 is 32.8 Å². The van der Waals surface area contributed by atoms with Crippen LogP contribution in [0.25, 0.3) is 16.9 Å². The fourth-order valence-electron chi connectivity index (χ4n) is 6.26. The summed E-state index contributed by atoms with van der Waals surface area (Å²) in [4.78, 5) is 15.1. The molecule has 1 aliphatic heterocycles. The monoisotopic (exact) mass is 660 g/mol. The topological polar surface area (TPSA) is 143 Å². The van der Waals surface area contributed by atoms with Gasteiger partial charge in [0.2, 0.25) is 10.0 Å². The van der Waals surface area contributed by atoms with Gasteiger partial charge in [-0.2, -0.15) is 18.3 Å². The van der Waals surface area contributed by atoms with E-state index in [0.717, 1.165) is 37.3 Å². The van der Waals surface area contributed by atoms with Gasteiger partial charge in [0, 0.05) is 67.9 Å². The Balaban J connectivity index is 0.000000537. The average Bonchev–Trinajstić information content (AvgIpc) is 3.68. The maximum Gasteiger partial charge on any atom is 0.490 e. The number of benzene rings is 2. The van der Waals surface area contributed by atoms with E-state index in [1.165, 1.54) is 6.07 Å². The number of nitrogens with zero attached hydrogens (tertiary/aromatic N) is 4. The van der Waals surface area contributed by atoms with Crippen molar-refractivity contribution < 1.29 is 35.9 Å². The summed E-state index contributed by atoms with van der Waals surface area (Å²) < 4.78 is 74.2. The Morgan fingerprint density at radius 1 is 1.04 bits per heavy atom. The van der Waals surface area contributed by atoms with Crippen LogP contribution in [-0.2, 0) is 19.6 Å². The number of hydrogen-bond donors (Lipinski definition) is 3. The zero-order valence-corrected chi connectivity index (χ0v) is 25.3. The summed E-state index contributed by atoms with van der Waals surface area (Å²) in [6.45, 7) is 3.11. The fourth-order valence-corrected chi connectivity index (χ4v) is 7.80. The second kappa shape index (κ2) is 13.2. The van der Waals surface area contributed by atoms with Crippen LogP contribution in [0.3, 0.4) is 0 Å². The first-order chi connectivity index (χ1) is 21.8. The van der Waals surface area contributed by atoms with Gasteiger partial charge in [-0.3, -0.25) is 4.98 Å². The summed E-state index contributed by atoms with van der Waals surface area (Å²) in [5, 5.41) is 21.3. The molecule has 10 nitrogen and oxygen atoms in total. The number of primary sulfonamides is 1. The minimum absolute atomic E-state index is 0.319. The highest BCUT2D eigenvalue weighted by Crippen LogP contribution is 2.55. The number of halogens is 4. The number of nitrogens with one attached hydrogen (secondary N) is 1. The molecule has 2 unspecified atom stereocenters. The van der Waals surface area contributed by atoms with Crippen molar-refractivity contribution in [2.45, 2.75) is 36.1 Å². The zero-order chi connectivity index (χ0) is 33.1. The van der Waals surface area contributed by atoms with Crippen LogP contribution in [-0.4, -0.2) is 66.6 Å². The molecular weight excluding hydrogens is 628 g/mol. The Hall–Kier alpha value is -4.34. The van der Waals surface area contributed by atoms with Crippen LogP contribution in [0.1, 0.15) is 36.3 Å². The maximum atomic E-state index is 15.3. The van der Waals surface area contributed by atoms with Gasteiger partial charge in [0.1, 0.15) is 10.6 Å². The van der Waals surface area contributed by atoms with Crippen molar-refractivity contribution >= 4 is 21.7 Å². The first kappa shape index (κ1) is 33.0. The van der Waals surface area contributed by atoms with E-state index in [1.807, 2.05) is 59.6 Å². The fraction of sp³-hybridized carbons (Fsp3) is 0.323. The Morgan fingerprint density at radius 3 is 2.28 bits per heavy atom. The van der Waals surface area contributed by atoms with Gasteiger partial charge in [-0.1, -0.05) is 36.8 Å². The summed E-state index contributed by atoms with van der Waals surface area (Å²) in [5.74, 6) is -3.51. The SMILES string of the molecule is NS(=O)(=O)C1(c2ccccc2)CCCC1c1cn(-c2ccc(N3CCNCC3)c(F)c2)nc1-c1ccncc1.O=C(O)C(F)(F)F. The molecule has 244 valence electrons. The highest BCUT2D eigenvalue weighted by Gasteiger charge is 2.54. The minimum atomic E-state index is -5.08. The number of nitrogens with two attached hydrogens (primary N) is 1. The van der Waals surface area contributed by atoms with Crippen LogP contribution in [0, 0.1) is 5.82 Å². The maximum absolute atomic E-state index is 15.3. The smallest absolute Gasteiger partial charge is 0.475 e. The van der Waals surface area contributed by atoms with Gasteiger partial charge >= 0.3 is 12.1 Å². The van der Waals surface area contributed by atoms with E-state index in [0.29, 0.717) is 41.9 Å². The van der Waals surface area contributed by atoms with Gasteiger partial charge in [0.05, 0.1) is 17.1 Å². The van der Waals surface area contributed by atoms with Crippen LogP contribution < -0.4 is 15.4 Å². The van der Waals surface area contributed by atoms with Crippen LogP contribution >= 0.6 is 0 Å². The van der Waals surface area contributed by atoms with Crippen molar-refractivity contribution in [3.63, 3.8) is 0 Å². The normalized spacial score (nSPS) is 20.2. The standard InChI is InChI=1S/C29H31FN6O2S.C2HF3O2/c30-26-19-23(8-9-27(26)35-17-15-33-16-18-35)36-20-24(28(34-36)21-10-13-32-14-11-21)25-7-4-12-29(25,39(31,37)38)22-5-2-1-3-6-22;3-2(4,5)1(6)7/h1-3,5-6,8-11,13-14,19-20,25,33H,4,7,12,15-18H2,(H2,31,37,38);(H,6,7). The Morgan fingerprint density at radius 2 is 1.70 bits per heavy atom. The summed E-state index contributed by atoms with van der Waals surface area (Å²) in [5.41, 5.74) is 4.01.